The summed E-state index contributed by atoms with van der Waals surface area (Å²) in [5, 5.41) is 0. The van der Waals surface area contributed by atoms with Crippen molar-refractivity contribution in [1.82, 2.24) is 9.80 Å². The minimum Gasteiger partial charge on any atom is -0.465 e. The van der Waals surface area contributed by atoms with E-state index in [1.807, 2.05) is 9.80 Å². The Kier molecular flexibility index (Phi) is 31.7. The summed E-state index contributed by atoms with van der Waals surface area (Å²) in [6, 6.07) is 0. The summed E-state index contributed by atoms with van der Waals surface area (Å²) in [4.78, 5) is 77.5. The van der Waals surface area contributed by atoms with Crippen molar-refractivity contribution in [2.24, 2.45) is 0 Å². The molecule has 0 unspecified atom stereocenters. The number of carbonyl (C=O) groups excluding carboxylic acids is 6. The van der Waals surface area contributed by atoms with Crippen LogP contribution in [0.3, 0.4) is 0 Å². The number of hydrogen-bond acceptors (Lipinski definition) is 14. The summed E-state index contributed by atoms with van der Waals surface area (Å²) >= 11 is 0. The van der Waals surface area contributed by atoms with Gasteiger partial charge in [0.05, 0.1) is 25.7 Å². The molecule has 1 rings (SSSR count). The van der Waals surface area contributed by atoms with Crippen molar-refractivity contribution in [1.29, 1.82) is 0 Å². The standard InChI is InChI=1S/C46H66N2O12/c1-5-9-35-55-41(49)25-31-47(32-26-42(50)56-36-10-6-2)29-17-13-15-19-45(53)59-39-21-23-40(24-22-39)60-46(54)20-16-14-18-30-48(33-27-43(51)57-37-11-7-3)34-28-44(52)58-38-12-8-4/h1-4,39-40H,9-38H2/t39-,40-. The van der Waals surface area contributed by atoms with Crippen LogP contribution in [0.4, 0.5) is 0 Å². The summed E-state index contributed by atoms with van der Waals surface area (Å²) in [7, 11) is 0. The van der Waals surface area contributed by atoms with Crippen LogP contribution >= 0.6 is 0 Å². The highest BCUT2D eigenvalue weighted by atomic mass is 16.6. The zero-order valence-electron chi connectivity index (χ0n) is 35.5. The van der Waals surface area contributed by atoms with E-state index in [4.69, 9.17) is 54.1 Å². The monoisotopic (exact) mass is 838 g/mol. The van der Waals surface area contributed by atoms with E-state index in [2.05, 4.69) is 23.7 Å². The Hall–Kier alpha value is -5.02. The summed E-state index contributed by atoms with van der Waals surface area (Å²) in [5.74, 6) is 7.77. The zero-order valence-corrected chi connectivity index (χ0v) is 35.5. The Bertz CT molecular complexity index is 1260. The lowest BCUT2D eigenvalue weighted by Gasteiger charge is -2.28. The first-order chi connectivity index (χ1) is 29.1. The second-order valence-electron chi connectivity index (χ2n) is 14.4. The van der Waals surface area contributed by atoms with Gasteiger partial charge in [-0.2, -0.15) is 0 Å². The molecule has 1 fully saturated rings. The summed E-state index contributed by atoms with van der Waals surface area (Å²) in [5.41, 5.74) is 0. The highest BCUT2D eigenvalue weighted by molar-refractivity contribution is 5.71. The first kappa shape index (κ1) is 53.0. The van der Waals surface area contributed by atoms with Crippen molar-refractivity contribution in [3.63, 3.8) is 0 Å². The number of ether oxygens (including phenoxy) is 6. The third-order valence-corrected chi connectivity index (χ3v) is 9.49. The van der Waals surface area contributed by atoms with E-state index in [1.165, 1.54) is 0 Å². The Balaban J connectivity index is 2.33. The smallest absolute Gasteiger partial charge is 0.307 e. The topological polar surface area (TPSA) is 164 Å². The van der Waals surface area contributed by atoms with Crippen LogP contribution in [0.2, 0.25) is 0 Å². The molecule has 0 spiro atoms. The highest BCUT2D eigenvalue weighted by Crippen LogP contribution is 2.25. The molecule has 0 aromatic heterocycles. The molecule has 0 heterocycles. The van der Waals surface area contributed by atoms with Gasteiger partial charge in [0.2, 0.25) is 0 Å². The number of unbranched alkanes of at least 4 members (excludes halogenated alkanes) is 4. The van der Waals surface area contributed by atoms with Gasteiger partial charge in [0.25, 0.3) is 0 Å². The number of carbonyl (C=O) groups is 6. The molecule has 1 aliphatic rings. The first-order valence-electron chi connectivity index (χ1n) is 21.3. The van der Waals surface area contributed by atoms with Crippen molar-refractivity contribution in [2.45, 2.75) is 141 Å². The molecule has 14 nitrogen and oxygen atoms in total. The summed E-state index contributed by atoms with van der Waals surface area (Å²) in [6.07, 6.45) is 29.9. The molecular weight excluding hydrogens is 773 g/mol. The van der Waals surface area contributed by atoms with Crippen LogP contribution in [0.1, 0.15) is 128 Å². The molecule has 0 bridgehead atoms. The molecule has 332 valence electrons. The molecule has 0 saturated heterocycles. The van der Waals surface area contributed by atoms with Crippen LogP contribution in [-0.4, -0.2) is 124 Å². The van der Waals surface area contributed by atoms with Crippen LogP contribution in [-0.2, 0) is 57.2 Å². The number of esters is 6. The second kappa shape index (κ2) is 35.9. The van der Waals surface area contributed by atoms with Crippen molar-refractivity contribution in [3.8, 4) is 49.4 Å². The maximum atomic E-state index is 12.6. The lowest BCUT2D eigenvalue weighted by Crippen LogP contribution is -2.31. The molecule has 1 aliphatic carbocycles. The fourth-order valence-corrected chi connectivity index (χ4v) is 6.17. The number of rotatable bonds is 34. The maximum Gasteiger partial charge on any atom is 0.307 e. The molecule has 0 N–H and O–H groups in total. The van der Waals surface area contributed by atoms with Crippen LogP contribution in [0.15, 0.2) is 0 Å². The van der Waals surface area contributed by atoms with Crippen molar-refractivity contribution in [2.75, 3.05) is 65.7 Å². The van der Waals surface area contributed by atoms with Crippen LogP contribution in [0.5, 0.6) is 0 Å². The van der Waals surface area contributed by atoms with Gasteiger partial charge in [0.15, 0.2) is 0 Å². The molecule has 0 aliphatic heterocycles. The Morgan fingerprint density at radius 3 is 0.933 bits per heavy atom. The van der Waals surface area contributed by atoms with Gasteiger partial charge < -0.3 is 38.2 Å². The average Bonchev–Trinajstić information content (AvgIpc) is 3.23. The third-order valence-electron chi connectivity index (χ3n) is 9.49. The van der Waals surface area contributed by atoms with E-state index in [0.717, 1.165) is 25.7 Å². The predicted octanol–water partition coefficient (Wildman–Crippen LogP) is 4.94. The lowest BCUT2D eigenvalue weighted by atomic mass is 9.95. The Morgan fingerprint density at radius 2 is 0.667 bits per heavy atom. The summed E-state index contributed by atoms with van der Waals surface area (Å²) in [6.45, 7) is 3.62. The van der Waals surface area contributed by atoms with Gasteiger partial charge >= 0.3 is 35.8 Å². The molecule has 0 aromatic rings. The molecule has 0 aromatic carbocycles. The van der Waals surface area contributed by atoms with Crippen LogP contribution in [0, 0.1) is 49.4 Å². The number of terminal acetylenes is 4. The van der Waals surface area contributed by atoms with Gasteiger partial charge in [-0.05, 0) is 64.5 Å². The van der Waals surface area contributed by atoms with E-state index in [9.17, 15) is 28.8 Å². The maximum absolute atomic E-state index is 12.6. The van der Waals surface area contributed by atoms with Gasteiger partial charge in [-0.3, -0.25) is 28.8 Å². The number of hydrogen-bond donors (Lipinski definition) is 0. The van der Waals surface area contributed by atoms with Gasteiger partial charge in [0, 0.05) is 64.7 Å². The van der Waals surface area contributed by atoms with Crippen LogP contribution in [0.25, 0.3) is 0 Å². The zero-order chi connectivity index (χ0) is 44.1. The van der Waals surface area contributed by atoms with E-state index >= 15 is 0 Å². The molecule has 0 atom stereocenters. The average molecular weight is 839 g/mol. The molecule has 0 radical (unpaired) electrons. The fraction of sp³-hybridized carbons (Fsp3) is 0.696. The van der Waals surface area contributed by atoms with E-state index in [0.29, 0.717) is 103 Å². The lowest BCUT2D eigenvalue weighted by molar-refractivity contribution is -0.158. The SMILES string of the molecule is C#CCCOC(=O)CCN(CCCCCC(=O)O[C@H]1CC[C@H](OC(=O)CCCCCN(CCC(=O)OCCC#C)CCC(=O)OCCC#C)CC1)CCC(=O)OCCC#C. The fourth-order valence-electron chi connectivity index (χ4n) is 6.17. The number of nitrogens with zero attached hydrogens (tertiary/aromatic N) is 2. The van der Waals surface area contributed by atoms with Crippen LogP contribution < -0.4 is 0 Å². The van der Waals surface area contributed by atoms with E-state index < -0.39 is 0 Å². The van der Waals surface area contributed by atoms with E-state index in [-0.39, 0.29) is 113 Å². The highest BCUT2D eigenvalue weighted by Gasteiger charge is 2.26. The second-order valence-corrected chi connectivity index (χ2v) is 14.4. The largest absolute Gasteiger partial charge is 0.465 e. The van der Waals surface area contributed by atoms with Gasteiger partial charge in [-0.1, -0.05) is 12.8 Å². The predicted molar refractivity (Wildman–Crippen MR) is 224 cm³/mol. The Morgan fingerprint density at radius 1 is 0.383 bits per heavy atom. The molecule has 14 heteroatoms. The van der Waals surface area contributed by atoms with Crippen molar-refractivity contribution >= 4 is 35.8 Å². The quantitative estimate of drug-likeness (QED) is 0.0371. The third kappa shape index (κ3) is 30.1. The molecule has 0 amide bonds. The van der Waals surface area contributed by atoms with E-state index in [1.54, 1.807) is 0 Å². The first-order valence-corrected chi connectivity index (χ1v) is 21.3. The van der Waals surface area contributed by atoms with Crippen molar-refractivity contribution < 1.29 is 57.2 Å². The molecular formula is C46H66N2O12. The Labute approximate surface area is 357 Å². The normalized spacial score (nSPS) is 14.4. The van der Waals surface area contributed by atoms with Gasteiger partial charge in [-0.15, -0.1) is 49.4 Å². The van der Waals surface area contributed by atoms with Crippen molar-refractivity contribution in [3.05, 3.63) is 0 Å². The van der Waals surface area contributed by atoms with Gasteiger partial charge in [-0.25, -0.2) is 0 Å². The summed E-state index contributed by atoms with van der Waals surface area (Å²) < 4.78 is 31.9. The molecule has 60 heavy (non-hydrogen) atoms. The minimum absolute atomic E-state index is 0.167. The van der Waals surface area contributed by atoms with Gasteiger partial charge in [0.1, 0.15) is 38.6 Å². The minimum atomic E-state index is -0.354. The molecule has 1 saturated carbocycles.